The smallest absolute Gasteiger partial charge is 0.348 e. The molecule has 0 unspecified atom stereocenters. The predicted molar refractivity (Wildman–Crippen MR) is 122 cm³/mol. The topological polar surface area (TPSA) is 67.2 Å². The summed E-state index contributed by atoms with van der Waals surface area (Å²) in [5.74, 6) is -1.01. The number of hydrogen-bond donors (Lipinski definition) is 1. The summed E-state index contributed by atoms with van der Waals surface area (Å²) < 4.78 is 54.6. The SMILES string of the molecule is Cc1cc(=O)c(C(=O)NC2CCN(Cc3ccc(F)cc3)CC2)nn1-c1ccccc1C(F)(F)F. The van der Waals surface area contributed by atoms with Crippen molar-refractivity contribution in [3.8, 4) is 5.69 Å². The number of aryl methyl sites for hydroxylation is 1. The van der Waals surface area contributed by atoms with Crippen LogP contribution in [0.15, 0.2) is 59.4 Å². The number of para-hydroxylation sites is 1. The Morgan fingerprint density at radius 3 is 2.40 bits per heavy atom. The van der Waals surface area contributed by atoms with E-state index in [9.17, 15) is 27.2 Å². The number of carbonyl (C=O) groups excluding carboxylic acids is 1. The molecule has 2 aromatic carbocycles. The molecule has 0 aliphatic carbocycles. The van der Waals surface area contributed by atoms with Crippen LogP contribution in [-0.4, -0.2) is 39.7 Å². The average molecular weight is 488 g/mol. The molecule has 184 valence electrons. The van der Waals surface area contributed by atoms with Crippen LogP contribution >= 0.6 is 0 Å². The highest BCUT2D eigenvalue weighted by atomic mass is 19.4. The summed E-state index contributed by atoms with van der Waals surface area (Å²) in [5.41, 5.74) is -1.13. The van der Waals surface area contributed by atoms with Crippen LogP contribution in [0.4, 0.5) is 17.6 Å². The zero-order valence-electron chi connectivity index (χ0n) is 19.0. The maximum absolute atomic E-state index is 13.5. The van der Waals surface area contributed by atoms with E-state index in [1.54, 1.807) is 12.1 Å². The fourth-order valence-corrected chi connectivity index (χ4v) is 4.18. The Hall–Kier alpha value is -3.53. The Bertz CT molecular complexity index is 1260. The molecule has 3 aromatic rings. The van der Waals surface area contributed by atoms with Crippen molar-refractivity contribution < 1.29 is 22.4 Å². The van der Waals surface area contributed by atoms with E-state index in [2.05, 4.69) is 15.3 Å². The number of benzene rings is 2. The van der Waals surface area contributed by atoms with Gasteiger partial charge < -0.3 is 5.32 Å². The van der Waals surface area contributed by atoms with Crippen molar-refractivity contribution in [3.05, 3.63) is 93.2 Å². The minimum atomic E-state index is -4.63. The molecular formula is C25H24F4N4O2. The second-order valence-electron chi connectivity index (χ2n) is 8.58. The fourth-order valence-electron chi connectivity index (χ4n) is 4.18. The standard InChI is InChI=1S/C25H24F4N4O2/c1-16-14-22(34)23(31-33(16)21-5-3-2-4-20(21)25(27,28)29)24(35)30-19-10-12-32(13-11-19)15-17-6-8-18(26)9-7-17/h2-9,14,19H,10-13,15H2,1H3,(H,30,35). The molecule has 1 aliphatic rings. The summed E-state index contributed by atoms with van der Waals surface area (Å²) in [6.07, 6.45) is -3.37. The summed E-state index contributed by atoms with van der Waals surface area (Å²) >= 11 is 0. The molecule has 1 fully saturated rings. The van der Waals surface area contributed by atoms with Crippen LogP contribution in [0.5, 0.6) is 0 Å². The molecule has 6 nitrogen and oxygen atoms in total. The lowest BCUT2D eigenvalue weighted by Gasteiger charge is -2.32. The number of amides is 1. The number of piperidine rings is 1. The summed E-state index contributed by atoms with van der Waals surface area (Å²) in [4.78, 5) is 27.5. The highest BCUT2D eigenvalue weighted by molar-refractivity contribution is 5.92. The minimum absolute atomic E-state index is 0.178. The number of nitrogens with one attached hydrogen (secondary N) is 1. The zero-order chi connectivity index (χ0) is 25.2. The molecule has 1 saturated heterocycles. The van der Waals surface area contributed by atoms with Crippen LogP contribution in [0.1, 0.15) is 40.2 Å². The van der Waals surface area contributed by atoms with Gasteiger partial charge in [-0.1, -0.05) is 24.3 Å². The van der Waals surface area contributed by atoms with E-state index in [0.717, 1.165) is 22.4 Å². The van der Waals surface area contributed by atoms with Gasteiger partial charge in [0.2, 0.25) is 5.43 Å². The van der Waals surface area contributed by atoms with E-state index >= 15 is 0 Å². The average Bonchev–Trinajstić information content (AvgIpc) is 2.81. The quantitative estimate of drug-likeness (QED) is 0.550. The third kappa shape index (κ3) is 5.76. The van der Waals surface area contributed by atoms with Crippen molar-refractivity contribution >= 4 is 5.91 Å². The molecule has 1 amide bonds. The molecule has 1 aliphatic heterocycles. The highest BCUT2D eigenvalue weighted by Crippen LogP contribution is 2.33. The van der Waals surface area contributed by atoms with Crippen LogP contribution in [-0.2, 0) is 12.7 Å². The van der Waals surface area contributed by atoms with E-state index in [-0.39, 0.29) is 23.2 Å². The van der Waals surface area contributed by atoms with Gasteiger partial charge >= 0.3 is 6.18 Å². The van der Waals surface area contributed by atoms with Gasteiger partial charge in [-0.15, -0.1) is 0 Å². The van der Waals surface area contributed by atoms with Gasteiger partial charge in [0.25, 0.3) is 5.91 Å². The number of likely N-dealkylation sites (tertiary alicyclic amines) is 1. The van der Waals surface area contributed by atoms with Crippen molar-refractivity contribution in [2.75, 3.05) is 13.1 Å². The Morgan fingerprint density at radius 1 is 1.09 bits per heavy atom. The normalized spacial score (nSPS) is 15.2. The third-order valence-corrected chi connectivity index (χ3v) is 6.00. The van der Waals surface area contributed by atoms with Gasteiger partial charge in [-0.05, 0) is 49.6 Å². The van der Waals surface area contributed by atoms with Crippen molar-refractivity contribution in [2.45, 2.75) is 38.5 Å². The minimum Gasteiger partial charge on any atom is -0.348 e. The highest BCUT2D eigenvalue weighted by Gasteiger charge is 2.34. The number of halogens is 4. The second-order valence-corrected chi connectivity index (χ2v) is 8.58. The number of rotatable bonds is 5. The molecule has 35 heavy (non-hydrogen) atoms. The van der Waals surface area contributed by atoms with Crippen molar-refractivity contribution in [2.24, 2.45) is 0 Å². The van der Waals surface area contributed by atoms with Crippen molar-refractivity contribution in [1.82, 2.24) is 20.0 Å². The molecule has 0 atom stereocenters. The lowest BCUT2D eigenvalue weighted by atomic mass is 10.0. The Balaban J connectivity index is 1.46. The first-order valence-corrected chi connectivity index (χ1v) is 11.2. The first-order valence-electron chi connectivity index (χ1n) is 11.2. The van der Waals surface area contributed by atoms with Crippen LogP contribution in [0, 0.1) is 12.7 Å². The number of nitrogens with zero attached hydrogens (tertiary/aromatic N) is 3. The fraction of sp³-hybridized carbons (Fsp3) is 0.320. The van der Waals surface area contributed by atoms with E-state index in [1.165, 1.54) is 37.3 Å². The first kappa shape index (κ1) is 24.6. The Kier molecular flexibility index (Phi) is 7.02. The van der Waals surface area contributed by atoms with Gasteiger partial charge in [0, 0.05) is 37.4 Å². The summed E-state index contributed by atoms with van der Waals surface area (Å²) in [6.45, 7) is 3.49. The first-order chi connectivity index (χ1) is 16.6. The molecule has 0 saturated carbocycles. The molecule has 1 N–H and O–H groups in total. The number of aromatic nitrogens is 2. The monoisotopic (exact) mass is 488 g/mol. The molecule has 1 aromatic heterocycles. The molecule has 4 rings (SSSR count). The molecular weight excluding hydrogens is 464 g/mol. The summed E-state index contributed by atoms with van der Waals surface area (Å²) in [6, 6.07) is 12.1. The molecule has 2 heterocycles. The lowest BCUT2D eigenvalue weighted by Crippen LogP contribution is -2.45. The van der Waals surface area contributed by atoms with Crippen LogP contribution in [0.3, 0.4) is 0 Å². The van der Waals surface area contributed by atoms with E-state index in [0.29, 0.717) is 32.5 Å². The third-order valence-electron chi connectivity index (χ3n) is 6.00. The Labute approximate surface area is 199 Å². The summed E-state index contributed by atoms with van der Waals surface area (Å²) in [5, 5.41) is 6.81. The molecule has 0 radical (unpaired) electrons. The second kappa shape index (κ2) is 9.99. The number of alkyl halides is 3. The van der Waals surface area contributed by atoms with Gasteiger partial charge in [0.05, 0.1) is 11.3 Å². The van der Waals surface area contributed by atoms with Gasteiger partial charge in [-0.3, -0.25) is 14.5 Å². The predicted octanol–water partition coefficient (Wildman–Crippen LogP) is 4.09. The lowest BCUT2D eigenvalue weighted by molar-refractivity contribution is -0.137. The van der Waals surface area contributed by atoms with E-state index < -0.39 is 28.8 Å². The largest absolute Gasteiger partial charge is 0.418 e. The van der Waals surface area contributed by atoms with Crippen molar-refractivity contribution in [3.63, 3.8) is 0 Å². The molecule has 10 heteroatoms. The van der Waals surface area contributed by atoms with Gasteiger partial charge in [-0.25, -0.2) is 9.07 Å². The number of carbonyl (C=O) groups is 1. The van der Waals surface area contributed by atoms with Crippen LogP contribution in [0.25, 0.3) is 5.69 Å². The van der Waals surface area contributed by atoms with Crippen LogP contribution in [0.2, 0.25) is 0 Å². The zero-order valence-corrected chi connectivity index (χ0v) is 19.0. The van der Waals surface area contributed by atoms with Crippen molar-refractivity contribution in [1.29, 1.82) is 0 Å². The molecule has 0 spiro atoms. The molecule has 0 bridgehead atoms. The number of hydrogen-bond acceptors (Lipinski definition) is 4. The van der Waals surface area contributed by atoms with E-state index in [4.69, 9.17) is 0 Å². The van der Waals surface area contributed by atoms with Gasteiger partial charge in [-0.2, -0.15) is 18.3 Å². The maximum atomic E-state index is 13.5. The maximum Gasteiger partial charge on any atom is 0.418 e. The van der Waals surface area contributed by atoms with Crippen LogP contribution < -0.4 is 10.7 Å². The Morgan fingerprint density at radius 2 is 1.74 bits per heavy atom. The van der Waals surface area contributed by atoms with E-state index in [1.807, 2.05) is 0 Å². The summed E-state index contributed by atoms with van der Waals surface area (Å²) in [7, 11) is 0. The van der Waals surface area contributed by atoms with Gasteiger partial charge in [0.1, 0.15) is 5.82 Å². The van der Waals surface area contributed by atoms with Gasteiger partial charge in [0.15, 0.2) is 5.69 Å².